The van der Waals surface area contributed by atoms with Gasteiger partial charge in [0.15, 0.2) is 0 Å². The second-order valence-corrected chi connectivity index (χ2v) is 18.0. The smallest absolute Gasteiger partial charge is 0.306 e. The molecule has 48 heavy (non-hydrogen) atoms. The van der Waals surface area contributed by atoms with Crippen molar-refractivity contribution in [2.24, 2.45) is 56.7 Å². The van der Waals surface area contributed by atoms with Gasteiger partial charge in [-0.1, -0.05) is 46.8 Å². The van der Waals surface area contributed by atoms with Crippen molar-refractivity contribution in [3.05, 3.63) is 12.2 Å². The number of esters is 2. The van der Waals surface area contributed by atoms with Crippen LogP contribution in [0.5, 0.6) is 0 Å². The summed E-state index contributed by atoms with van der Waals surface area (Å²) in [5.41, 5.74) is 1.49. The normalized spacial score (nSPS) is 41.1. The van der Waals surface area contributed by atoms with Crippen LogP contribution in [0.4, 0.5) is 0 Å². The van der Waals surface area contributed by atoms with Gasteiger partial charge >= 0.3 is 23.9 Å². The van der Waals surface area contributed by atoms with Crippen LogP contribution < -0.4 is 0 Å². The van der Waals surface area contributed by atoms with E-state index < -0.39 is 11.9 Å². The Morgan fingerprint density at radius 2 is 1.35 bits per heavy atom. The zero-order valence-electron chi connectivity index (χ0n) is 30.5. The highest BCUT2D eigenvalue weighted by Crippen LogP contribution is 2.77. The molecule has 0 saturated heterocycles. The number of aliphatic carboxylic acids is 2. The molecule has 270 valence electrons. The van der Waals surface area contributed by atoms with Gasteiger partial charge in [-0.3, -0.25) is 19.2 Å². The molecule has 0 heterocycles. The summed E-state index contributed by atoms with van der Waals surface area (Å²) in [5.74, 6) is 0.0690. The summed E-state index contributed by atoms with van der Waals surface area (Å²) in [6, 6.07) is 0. The fourth-order valence-electron chi connectivity index (χ4n) is 13.0. The summed E-state index contributed by atoms with van der Waals surface area (Å²) < 4.78 is 12.1. The molecule has 2 N–H and O–H groups in total. The maximum Gasteiger partial charge on any atom is 0.306 e. The topological polar surface area (TPSA) is 127 Å². The average molecular weight is 671 g/mol. The fraction of sp³-hybridized carbons (Fsp3) is 0.850. The van der Waals surface area contributed by atoms with E-state index in [-0.39, 0.29) is 70.8 Å². The third-order valence-corrected chi connectivity index (χ3v) is 15.5. The Morgan fingerprint density at radius 3 is 1.98 bits per heavy atom. The summed E-state index contributed by atoms with van der Waals surface area (Å²) in [5, 5.41) is 18.0. The second-order valence-electron chi connectivity index (χ2n) is 18.0. The molecule has 0 amide bonds. The Kier molecular flexibility index (Phi) is 10.3. The summed E-state index contributed by atoms with van der Waals surface area (Å²) in [6.07, 6.45) is 11.6. The Morgan fingerprint density at radius 1 is 0.708 bits per heavy atom. The number of carbonyl (C=O) groups excluding carboxylic acids is 2. The van der Waals surface area contributed by atoms with Gasteiger partial charge < -0.3 is 19.7 Å². The van der Waals surface area contributed by atoms with Gasteiger partial charge in [-0.15, -0.1) is 0 Å². The van der Waals surface area contributed by atoms with E-state index >= 15 is 0 Å². The number of carboxylic acids is 2. The molecule has 8 heteroatoms. The van der Waals surface area contributed by atoms with Gasteiger partial charge in [-0.2, -0.15) is 0 Å². The minimum Gasteiger partial charge on any atom is -0.481 e. The Hall–Kier alpha value is -2.38. The molecule has 0 spiro atoms. The van der Waals surface area contributed by atoms with Crippen molar-refractivity contribution in [3.8, 4) is 0 Å². The molecule has 0 aromatic rings. The molecular weight excluding hydrogens is 608 g/mol. The molecule has 10 atom stereocenters. The van der Waals surface area contributed by atoms with Gasteiger partial charge in [0.2, 0.25) is 0 Å². The van der Waals surface area contributed by atoms with Crippen molar-refractivity contribution in [1.29, 1.82) is 0 Å². The number of carbonyl (C=O) groups is 4. The molecular formula is C40H62O8. The number of carboxylic acid groups (broad SMARTS) is 2. The van der Waals surface area contributed by atoms with Crippen LogP contribution in [0.1, 0.15) is 144 Å². The minimum atomic E-state index is -0.884. The molecule has 0 aromatic heterocycles. The van der Waals surface area contributed by atoms with E-state index in [4.69, 9.17) is 19.7 Å². The first-order chi connectivity index (χ1) is 22.4. The molecule has 5 fully saturated rings. The molecule has 5 aliphatic rings. The highest BCUT2D eigenvalue weighted by Gasteiger charge is 2.71. The number of allylic oxidation sites excluding steroid dienone is 1. The minimum absolute atomic E-state index is 0.0152. The van der Waals surface area contributed by atoms with Crippen molar-refractivity contribution < 1.29 is 38.9 Å². The first-order valence-electron chi connectivity index (χ1n) is 18.9. The zero-order chi connectivity index (χ0) is 35.3. The van der Waals surface area contributed by atoms with Crippen molar-refractivity contribution >= 4 is 23.9 Å². The highest BCUT2D eigenvalue weighted by atomic mass is 16.5. The lowest BCUT2D eigenvalue weighted by Crippen LogP contribution is -2.67. The molecule has 0 aliphatic heterocycles. The van der Waals surface area contributed by atoms with E-state index in [1.165, 1.54) is 18.4 Å². The summed E-state index contributed by atoms with van der Waals surface area (Å²) >= 11 is 0. The Bertz CT molecular complexity index is 1290. The first kappa shape index (κ1) is 36.9. The summed E-state index contributed by atoms with van der Waals surface area (Å²) in [7, 11) is 0. The number of rotatable bonds is 12. The molecule has 0 aromatic carbocycles. The van der Waals surface area contributed by atoms with Gasteiger partial charge in [-0.25, -0.2) is 0 Å². The van der Waals surface area contributed by atoms with Crippen LogP contribution in [0, 0.1) is 56.7 Å². The van der Waals surface area contributed by atoms with E-state index in [2.05, 4.69) is 48.1 Å². The Labute approximate surface area is 288 Å². The lowest BCUT2D eigenvalue weighted by Gasteiger charge is -2.73. The average Bonchev–Trinajstić information content (AvgIpc) is 3.38. The Balaban J connectivity index is 1.35. The van der Waals surface area contributed by atoms with Gasteiger partial charge in [0.1, 0.15) is 6.10 Å². The van der Waals surface area contributed by atoms with Crippen LogP contribution in [-0.4, -0.2) is 46.8 Å². The van der Waals surface area contributed by atoms with E-state index in [0.717, 1.165) is 51.4 Å². The summed E-state index contributed by atoms with van der Waals surface area (Å²) in [6.45, 7) is 19.4. The van der Waals surface area contributed by atoms with Crippen molar-refractivity contribution in [3.63, 3.8) is 0 Å². The van der Waals surface area contributed by atoms with E-state index in [9.17, 15) is 19.2 Å². The van der Waals surface area contributed by atoms with Gasteiger partial charge in [0.05, 0.1) is 6.61 Å². The highest BCUT2D eigenvalue weighted by molar-refractivity contribution is 5.72. The van der Waals surface area contributed by atoms with E-state index in [1.807, 2.05) is 0 Å². The maximum absolute atomic E-state index is 12.8. The van der Waals surface area contributed by atoms with Gasteiger partial charge in [-0.05, 0) is 130 Å². The standard InChI is InChI=1S/C40H62O8/c1-25(2)26-16-21-40(24-47-33(45)12-8-10-31(41)42)23-22-38(6)27(35(26)40)14-15-29-37(5)19-18-30(48-34(46)13-9-11-32(43)44)36(3,4)28(37)17-20-39(29,38)7/h26-30,35H,1,8-24H2,2-7H3,(H,41,42)(H,43,44)/t26-,27+,28-,29+,30-,35+,37-,38+,39+,40+/m0/s1. The number of hydrogen-bond donors (Lipinski definition) is 2. The predicted molar refractivity (Wildman–Crippen MR) is 183 cm³/mol. The van der Waals surface area contributed by atoms with Gasteiger partial charge in [0.25, 0.3) is 0 Å². The zero-order valence-corrected chi connectivity index (χ0v) is 30.5. The molecule has 5 rings (SSSR count). The molecule has 0 radical (unpaired) electrons. The number of hydrogen-bond acceptors (Lipinski definition) is 6. The van der Waals surface area contributed by atoms with Crippen LogP contribution in [0.2, 0.25) is 0 Å². The maximum atomic E-state index is 12.8. The van der Waals surface area contributed by atoms with Crippen molar-refractivity contribution in [2.45, 2.75) is 150 Å². The van der Waals surface area contributed by atoms with Gasteiger partial charge in [0, 0.05) is 36.5 Å². The van der Waals surface area contributed by atoms with E-state index in [1.54, 1.807) is 0 Å². The van der Waals surface area contributed by atoms with Crippen molar-refractivity contribution in [1.82, 2.24) is 0 Å². The quantitative estimate of drug-likeness (QED) is 0.156. The monoisotopic (exact) mass is 670 g/mol. The molecule has 0 bridgehead atoms. The predicted octanol–water partition coefficient (Wildman–Crippen LogP) is 8.61. The molecule has 5 saturated carbocycles. The van der Waals surface area contributed by atoms with Crippen LogP contribution in [0.15, 0.2) is 12.2 Å². The number of ether oxygens (including phenoxy) is 2. The SMILES string of the molecule is C=C(C)[C@@H]1CC[C@]2(COC(=O)CCCC(=O)O)CC[C@]3(C)[C@H](CC[C@@H]4[C@@]5(C)CC[C@H](OC(=O)CCCC(=O)O)C(C)(C)[C@@H]5CC[C@]43C)[C@@H]12. The molecule has 0 unspecified atom stereocenters. The van der Waals surface area contributed by atoms with Crippen LogP contribution in [0.3, 0.4) is 0 Å². The fourth-order valence-corrected chi connectivity index (χ4v) is 13.0. The van der Waals surface area contributed by atoms with Crippen molar-refractivity contribution in [2.75, 3.05) is 6.61 Å². The largest absolute Gasteiger partial charge is 0.481 e. The first-order valence-corrected chi connectivity index (χ1v) is 18.9. The second kappa shape index (κ2) is 13.4. The van der Waals surface area contributed by atoms with Crippen LogP contribution in [0.25, 0.3) is 0 Å². The molecule has 8 nitrogen and oxygen atoms in total. The molecule has 5 aliphatic carbocycles. The number of fused-ring (bicyclic) bond motifs is 7. The lowest BCUT2D eigenvalue weighted by atomic mass is 9.32. The van der Waals surface area contributed by atoms with Crippen LogP contribution in [-0.2, 0) is 28.7 Å². The third-order valence-electron chi connectivity index (χ3n) is 15.5. The lowest BCUT2D eigenvalue weighted by molar-refractivity contribution is -0.252. The van der Waals surface area contributed by atoms with E-state index in [0.29, 0.717) is 49.0 Å². The van der Waals surface area contributed by atoms with Crippen LogP contribution >= 0.6 is 0 Å². The summed E-state index contributed by atoms with van der Waals surface area (Å²) in [4.78, 5) is 47.4. The third kappa shape index (κ3) is 6.25.